The second-order valence-electron chi connectivity index (χ2n) is 6.12. The third-order valence-corrected chi connectivity index (χ3v) is 5.31. The Morgan fingerprint density at radius 3 is 2.04 bits per heavy atom. The molecule has 0 saturated carbocycles. The molecule has 0 aliphatic carbocycles. The minimum absolute atomic E-state index is 0.0811. The van der Waals surface area contributed by atoms with Crippen molar-refractivity contribution in [1.82, 2.24) is 19.2 Å². The van der Waals surface area contributed by atoms with Crippen molar-refractivity contribution in [2.75, 3.05) is 26.4 Å². The van der Waals surface area contributed by atoms with E-state index in [4.69, 9.17) is 0 Å². The quantitative estimate of drug-likeness (QED) is 0.659. The van der Waals surface area contributed by atoms with Crippen molar-refractivity contribution in [3.8, 4) is 0 Å². The zero-order chi connectivity index (χ0) is 19.0. The lowest BCUT2D eigenvalue weighted by Crippen LogP contribution is -2.35. The first-order valence-corrected chi connectivity index (χ1v) is 10.2. The summed E-state index contributed by atoms with van der Waals surface area (Å²) in [5, 5.41) is 0. The van der Waals surface area contributed by atoms with Crippen molar-refractivity contribution in [1.29, 1.82) is 0 Å². The molecule has 0 aliphatic heterocycles. The van der Waals surface area contributed by atoms with Crippen LogP contribution in [0.4, 0.5) is 0 Å². The van der Waals surface area contributed by atoms with Gasteiger partial charge in [0.05, 0.1) is 6.26 Å². The van der Waals surface area contributed by atoms with E-state index in [0.29, 0.717) is 6.54 Å². The van der Waals surface area contributed by atoms with Crippen molar-refractivity contribution < 1.29 is 13.2 Å². The molecule has 26 heavy (non-hydrogen) atoms. The molecule has 8 heteroatoms. The van der Waals surface area contributed by atoms with Gasteiger partial charge in [0.15, 0.2) is 0 Å². The number of sulfonamides is 1. The van der Waals surface area contributed by atoms with Crippen LogP contribution in [0.2, 0.25) is 0 Å². The van der Waals surface area contributed by atoms with Gasteiger partial charge in [0.25, 0.3) is 0 Å². The van der Waals surface area contributed by atoms with Crippen LogP contribution in [0.3, 0.4) is 0 Å². The molecular weight excluding hydrogens is 352 g/mol. The molecule has 0 fully saturated rings. The normalized spacial score (nSPS) is 11.5. The summed E-state index contributed by atoms with van der Waals surface area (Å²) in [6.07, 6.45) is 8.72. The van der Waals surface area contributed by atoms with Gasteiger partial charge < -0.3 is 4.90 Å². The number of rotatable bonds is 9. The Morgan fingerprint density at radius 1 is 0.962 bits per heavy atom. The van der Waals surface area contributed by atoms with Crippen LogP contribution >= 0.6 is 0 Å². The molecule has 0 radical (unpaired) electrons. The Balaban J connectivity index is 1.87. The lowest BCUT2D eigenvalue weighted by atomic mass is 10.2. The predicted molar refractivity (Wildman–Crippen MR) is 99.7 cm³/mol. The van der Waals surface area contributed by atoms with Crippen molar-refractivity contribution in [3.63, 3.8) is 0 Å². The van der Waals surface area contributed by atoms with E-state index in [2.05, 4.69) is 9.97 Å². The molecule has 2 heterocycles. The first-order chi connectivity index (χ1) is 12.4. The maximum absolute atomic E-state index is 12.3. The van der Waals surface area contributed by atoms with Crippen LogP contribution in [0.1, 0.15) is 17.5 Å². The number of aromatic nitrogens is 2. The Bertz CT molecular complexity index is 798. The fourth-order valence-corrected chi connectivity index (χ4v) is 3.24. The summed E-state index contributed by atoms with van der Waals surface area (Å²) in [4.78, 5) is 21.9. The number of carbonyl (C=O) groups excluding carboxylic acids is 1. The third-order valence-electron chi connectivity index (χ3n) is 4.06. The summed E-state index contributed by atoms with van der Waals surface area (Å²) in [5.74, 6) is -0.0811. The van der Waals surface area contributed by atoms with Crippen LogP contribution < -0.4 is 0 Å². The zero-order valence-electron chi connectivity index (χ0n) is 15.1. The Morgan fingerprint density at radius 2 is 1.50 bits per heavy atom. The lowest BCUT2D eigenvalue weighted by molar-refractivity contribution is -0.130. The Labute approximate surface area is 154 Å². The van der Waals surface area contributed by atoms with Crippen LogP contribution in [0.15, 0.2) is 49.1 Å². The van der Waals surface area contributed by atoms with Crippen molar-refractivity contribution in [2.24, 2.45) is 0 Å². The average Bonchev–Trinajstić information content (AvgIpc) is 2.63. The molecule has 0 aliphatic rings. The van der Waals surface area contributed by atoms with Crippen molar-refractivity contribution >= 4 is 15.9 Å². The molecule has 0 atom stereocenters. The highest BCUT2D eigenvalue weighted by Gasteiger charge is 2.19. The molecule has 2 aromatic heterocycles. The fourth-order valence-electron chi connectivity index (χ4n) is 2.44. The predicted octanol–water partition coefficient (Wildman–Crippen LogP) is 1.33. The van der Waals surface area contributed by atoms with Gasteiger partial charge in [0, 0.05) is 57.9 Å². The maximum Gasteiger partial charge on any atom is 0.223 e. The van der Waals surface area contributed by atoms with Gasteiger partial charge in [0.1, 0.15) is 0 Å². The van der Waals surface area contributed by atoms with E-state index in [1.165, 1.54) is 4.31 Å². The van der Waals surface area contributed by atoms with Gasteiger partial charge in [-0.1, -0.05) is 0 Å². The smallest absolute Gasteiger partial charge is 0.223 e. The highest BCUT2D eigenvalue weighted by molar-refractivity contribution is 7.88. The largest absolute Gasteiger partial charge is 0.345 e. The maximum atomic E-state index is 12.3. The number of pyridine rings is 2. The van der Waals surface area contributed by atoms with Gasteiger partial charge >= 0.3 is 0 Å². The highest BCUT2D eigenvalue weighted by atomic mass is 32.2. The number of hydrogen-bond donors (Lipinski definition) is 0. The summed E-state index contributed by atoms with van der Waals surface area (Å²) >= 11 is 0. The first-order valence-electron chi connectivity index (χ1n) is 8.33. The third kappa shape index (κ3) is 6.53. The molecule has 0 spiro atoms. The molecule has 0 aromatic carbocycles. The van der Waals surface area contributed by atoms with E-state index in [-0.39, 0.29) is 25.4 Å². The molecular formula is C18H24N4O3S. The topological polar surface area (TPSA) is 83.5 Å². The summed E-state index contributed by atoms with van der Waals surface area (Å²) < 4.78 is 25.3. The van der Waals surface area contributed by atoms with Gasteiger partial charge in [-0.3, -0.25) is 14.8 Å². The SMILES string of the molecule is CN(CCc1ccncc1)C(=O)CCN(Cc1ccncc1)S(C)(=O)=O. The van der Waals surface area contributed by atoms with E-state index in [9.17, 15) is 13.2 Å². The van der Waals surface area contributed by atoms with E-state index >= 15 is 0 Å². The van der Waals surface area contributed by atoms with Crippen LogP contribution in [0.25, 0.3) is 0 Å². The van der Waals surface area contributed by atoms with Gasteiger partial charge in [-0.05, 0) is 41.8 Å². The molecule has 2 aromatic rings. The standard InChI is InChI=1S/C18H24N4O3S/c1-21(13-7-16-3-9-19-10-4-16)18(23)8-14-22(26(2,24)25)15-17-5-11-20-12-6-17/h3-6,9-12H,7-8,13-15H2,1-2H3. The van der Waals surface area contributed by atoms with E-state index in [1.54, 1.807) is 48.9 Å². The summed E-state index contributed by atoms with van der Waals surface area (Å²) in [6.45, 7) is 0.959. The molecule has 2 rings (SSSR count). The fraction of sp³-hybridized carbons (Fsp3) is 0.389. The molecule has 1 amide bonds. The van der Waals surface area contributed by atoms with Gasteiger partial charge in [-0.25, -0.2) is 8.42 Å². The summed E-state index contributed by atoms with van der Waals surface area (Å²) in [6, 6.07) is 7.36. The van der Waals surface area contributed by atoms with Crippen LogP contribution in [-0.2, 0) is 27.8 Å². The summed E-state index contributed by atoms with van der Waals surface area (Å²) in [7, 11) is -1.67. The monoisotopic (exact) mass is 376 g/mol. The Hall–Kier alpha value is -2.32. The van der Waals surface area contributed by atoms with E-state index in [0.717, 1.165) is 23.8 Å². The van der Waals surface area contributed by atoms with Crippen LogP contribution in [-0.4, -0.2) is 59.9 Å². The second-order valence-corrected chi connectivity index (χ2v) is 8.11. The van der Waals surface area contributed by atoms with Crippen LogP contribution in [0, 0.1) is 0 Å². The number of carbonyl (C=O) groups is 1. The Kier molecular flexibility index (Phi) is 7.23. The number of likely N-dealkylation sites (N-methyl/N-ethyl adjacent to an activating group) is 1. The minimum Gasteiger partial charge on any atom is -0.345 e. The summed E-state index contributed by atoms with van der Waals surface area (Å²) in [5.41, 5.74) is 1.94. The van der Waals surface area contributed by atoms with Gasteiger partial charge in [-0.15, -0.1) is 0 Å². The molecule has 7 nitrogen and oxygen atoms in total. The van der Waals surface area contributed by atoms with Gasteiger partial charge in [-0.2, -0.15) is 4.31 Å². The molecule has 140 valence electrons. The van der Waals surface area contributed by atoms with Crippen LogP contribution in [0.5, 0.6) is 0 Å². The lowest BCUT2D eigenvalue weighted by Gasteiger charge is -2.22. The number of amides is 1. The molecule has 0 bridgehead atoms. The molecule has 0 unspecified atom stereocenters. The number of hydrogen-bond acceptors (Lipinski definition) is 5. The van der Waals surface area contributed by atoms with E-state index in [1.807, 2.05) is 12.1 Å². The van der Waals surface area contributed by atoms with E-state index < -0.39 is 10.0 Å². The van der Waals surface area contributed by atoms with Crippen molar-refractivity contribution in [3.05, 3.63) is 60.2 Å². The minimum atomic E-state index is -3.40. The first kappa shape index (κ1) is 20.0. The second kappa shape index (κ2) is 9.40. The van der Waals surface area contributed by atoms with Crippen molar-refractivity contribution in [2.45, 2.75) is 19.4 Å². The van der Waals surface area contributed by atoms with Gasteiger partial charge in [0.2, 0.25) is 15.9 Å². The molecule has 0 saturated heterocycles. The average molecular weight is 376 g/mol. The number of nitrogens with zero attached hydrogens (tertiary/aromatic N) is 4. The zero-order valence-corrected chi connectivity index (χ0v) is 15.9. The molecule has 0 N–H and O–H groups in total. The highest BCUT2D eigenvalue weighted by Crippen LogP contribution is 2.09.